The first kappa shape index (κ1) is 14.5. The van der Waals surface area contributed by atoms with Crippen LogP contribution in [0.5, 0.6) is 0 Å². The number of carbonyl (C=O) groups excluding carboxylic acids is 1. The number of esters is 1. The van der Waals surface area contributed by atoms with E-state index in [9.17, 15) is 10.0 Å². The Bertz CT molecular complexity index is 279. The molecule has 1 fully saturated rings. The smallest absolute Gasteiger partial charge is 0.308 e. The van der Waals surface area contributed by atoms with Crippen molar-refractivity contribution < 1.29 is 14.7 Å². The molecule has 0 saturated carbocycles. The second kappa shape index (κ2) is 4.58. The molecule has 1 rings (SSSR count). The molecule has 0 bridgehead atoms. The predicted octanol–water partition coefficient (Wildman–Crippen LogP) is 2.60. The van der Waals surface area contributed by atoms with Gasteiger partial charge in [0.25, 0.3) is 0 Å². The Morgan fingerprint density at radius 3 is 2.00 bits per heavy atom. The van der Waals surface area contributed by atoms with Gasteiger partial charge in [-0.2, -0.15) is 5.06 Å². The monoisotopic (exact) mass is 243 g/mol. The lowest BCUT2D eigenvalue weighted by Gasteiger charge is -2.50. The summed E-state index contributed by atoms with van der Waals surface area (Å²) < 4.78 is 5.50. The normalized spacial score (nSPS) is 24.9. The fourth-order valence-corrected chi connectivity index (χ4v) is 2.56. The van der Waals surface area contributed by atoms with Gasteiger partial charge in [-0.3, -0.25) is 4.79 Å². The minimum Gasteiger partial charge on any atom is -0.462 e. The van der Waals surface area contributed by atoms with Crippen molar-refractivity contribution in [2.75, 3.05) is 0 Å². The molecule has 17 heavy (non-hydrogen) atoms. The van der Waals surface area contributed by atoms with Gasteiger partial charge < -0.3 is 9.94 Å². The zero-order chi connectivity index (χ0) is 13.4. The molecule has 0 amide bonds. The third-order valence-electron chi connectivity index (χ3n) is 3.36. The van der Waals surface area contributed by atoms with Crippen LogP contribution in [0.25, 0.3) is 0 Å². The molecule has 1 heterocycles. The second-order valence-corrected chi connectivity index (χ2v) is 6.56. The molecule has 0 aromatic carbocycles. The molecular weight excluding hydrogens is 218 g/mol. The molecule has 0 spiro atoms. The maximum atomic E-state index is 11.6. The Kier molecular flexibility index (Phi) is 3.89. The Hall–Kier alpha value is -0.610. The zero-order valence-electron chi connectivity index (χ0n) is 11.8. The number of carbonyl (C=O) groups is 1. The van der Waals surface area contributed by atoms with E-state index >= 15 is 0 Å². The molecule has 1 saturated heterocycles. The molecular formula is C13H25NO3. The Labute approximate surface area is 104 Å². The van der Waals surface area contributed by atoms with E-state index in [1.807, 2.05) is 41.5 Å². The number of piperidine rings is 1. The van der Waals surface area contributed by atoms with Crippen LogP contribution in [-0.2, 0) is 9.53 Å². The lowest BCUT2D eigenvalue weighted by Crippen LogP contribution is -2.60. The van der Waals surface area contributed by atoms with Gasteiger partial charge in [-0.1, -0.05) is 13.8 Å². The van der Waals surface area contributed by atoms with Crippen LogP contribution in [0.4, 0.5) is 0 Å². The number of hydrogen-bond acceptors (Lipinski definition) is 4. The first-order valence-electron chi connectivity index (χ1n) is 6.26. The second-order valence-electron chi connectivity index (χ2n) is 6.56. The van der Waals surface area contributed by atoms with Crippen LogP contribution in [0.2, 0.25) is 0 Å². The minimum absolute atomic E-state index is 0.103. The molecule has 100 valence electrons. The van der Waals surface area contributed by atoms with E-state index in [2.05, 4.69) is 0 Å². The summed E-state index contributed by atoms with van der Waals surface area (Å²) >= 11 is 0. The van der Waals surface area contributed by atoms with Crippen molar-refractivity contribution in [1.29, 1.82) is 0 Å². The summed E-state index contributed by atoms with van der Waals surface area (Å²) in [5, 5.41) is 11.5. The molecule has 0 radical (unpaired) electrons. The van der Waals surface area contributed by atoms with Gasteiger partial charge in [0.15, 0.2) is 0 Å². The highest BCUT2D eigenvalue weighted by Gasteiger charge is 2.46. The van der Waals surface area contributed by atoms with Crippen LogP contribution < -0.4 is 0 Å². The maximum absolute atomic E-state index is 11.6. The van der Waals surface area contributed by atoms with Gasteiger partial charge in [-0.05, 0) is 27.7 Å². The van der Waals surface area contributed by atoms with Crippen LogP contribution in [0.3, 0.4) is 0 Å². The molecule has 1 N–H and O–H groups in total. The molecule has 1 aliphatic rings. The van der Waals surface area contributed by atoms with Gasteiger partial charge in [0, 0.05) is 23.9 Å². The molecule has 0 unspecified atom stereocenters. The fourth-order valence-electron chi connectivity index (χ4n) is 2.56. The summed E-state index contributed by atoms with van der Waals surface area (Å²) in [6.07, 6.45) is 1.20. The van der Waals surface area contributed by atoms with Gasteiger partial charge in [0.1, 0.15) is 6.10 Å². The number of rotatable bonds is 2. The summed E-state index contributed by atoms with van der Waals surface area (Å²) in [5.41, 5.74) is -0.743. The van der Waals surface area contributed by atoms with E-state index in [-0.39, 0.29) is 29.1 Å². The maximum Gasteiger partial charge on any atom is 0.308 e. The van der Waals surface area contributed by atoms with E-state index in [0.717, 1.165) is 0 Å². The van der Waals surface area contributed by atoms with Crippen LogP contribution in [0.15, 0.2) is 0 Å². The van der Waals surface area contributed by atoms with E-state index in [1.165, 1.54) is 5.06 Å². The van der Waals surface area contributed by atoms with E-state index in [0.29, 0.717) is 12.8 Å². The van der Waals surface area contributed by atoms with E-state index in [4.69, 9.17) is 4.74 Å². The molecule has 0 aromatic rings. The zero-order valence-corrected chi connectivity index (χ0v) is 11.8. The van der Waals surface area contributed by atoms with Crippen molar-refractivity contribution in [2.45, 2.75) is 71.6 Å². The van der Waals surface area contributed by atoms with E-state index in [1.54, 1.807) is 0 Å². The SMILES string of the molecule is CC(C)C(=O)OC1CC(C)(C)N(O)C(C)(C)C1. The molecule has 4 heteroatoms. The van der Waals surface area contributed by atoms with Crippen molar-refractivity contribution in [2.24, 2.45) is 5.92 Å². The largest absolute Gasteiger partial charge is 0.462 e. The number of hydrogen-bond donors (Lipinski definition) is 1. The summed E-state index contributed by atoms with van der Waals surface area (Å²) in [6, 6.07) is 0. The quantitative estimate of drug-likeness (QED) is 0.757. The molecule has 4 nitrogen and oxygen atoms in total. The van der Waals surface area contributed by atoms with Crippen LogP contribution in [0.1, 0.15) is 54.4 Å². The summed E-state index contributed by atoms with van der Waals surface area (Å²) in [7, 11) is 0. The molecule has 1 aliphatic heterocycles. The summed E-state index contributed by atoms with van der Waals surface area (Å²) in [4.78, 5) is 11.6. The average molecular weight is 243 g/mol. The lowest BCUT2D eigenvalue weighted by atomic mass is 9.80. The van der Waals surface area contributed by atoms with Crippen molar-refractivity contribution in [3.8, 4) is 0 Å². The van der Waals surface area contributed by atoms with Crippen LogP contribution in [0, 0.1) is 5.92 Å². The van der Waals surface area contributed by atoms with Gasteiger partial charge in [-0.25, -0.2) is 0 Å². The van der Waals surface area contributed by atoms with Crippen LogP contribution >= 0.6 is 0 Å². The third-order valence-corrected chi connectivity index (χ3v) is 3.36. The highest BCUT2D eigenvalue weighted by atomic mass is 16.5. The topological polar surface area (TPSA) is 49.8 Å². The first-order valence-corrected chi connectivity index (χ1v) is 6.26. The van der Waals surface area contributed by atoms with Gasteiger partial charge in [0.2, 0.25) is 0 Å². The number of ether oxygens (including phenoxy) is 1. The third kappa shape index (κ3) is 3.19. The average Bonchev–Trinajstić information content (AvgIpc) is 2.12. The highest BCUT2D eigenvalue weighted by Crippen LogP contribution is 2.38. The van der Waals surface area contributed by atoms with Crippen molar-refractivity contribution in [1.82, 2.24) is 5.06 Å². The van der Waals surface area contributed by atoms with Gasteiger partial charge >= 0.3 is 5.97 Å². The Balaban J connectivity index is 2.75. The minimum atomic E-state index is -0.371. The fraction of sp³-hybridized carbons (Fsp3) is 0.923. The van der Waals surface area contributed by atoms with Crippen molar-refractivity contribution in [3.05, 3.63) is 0 Å². The highest BCUT2D eigenvalue weighted by molar-refractivity contribution is 5.71. The molecule has 0 aliphatic carbocycles. The van der Waals surface area contributed by atoms with Crippen LogP contribution in [-0.4, -0.2) is 33.4 Å². The lowest BCUT2D eigenvalue weighted by molar-refractivity contribution is -0.259. The Morgan fingerprint density at radius 1 is 1.24 bits per heavy atom. The summed E-state index contributed by atoms with van der Waals surface area (Å²) in [6.45, 7) is 11.5. The van der Waals surface area contributed by atoms with Crippen molar-refractivity contribution >= 4 is 5.97 Å². The van der Waals surface area contributed by atoms with Gasteiger partial charge in [0.05, 0.1) is 5.92 Å². The van der Waals surface area contributed by atoms with E-state index < -0.39 is 0 Å². The van der Waals surface area contributed by atoms with Crippen molar-refractivity contribution in [3.63, 3.8) is 0 Å². The summed E-state index contributed by atoms with van der Waals surface area (Å²) in [5.74, 6) is -0.263. The van der Waals surface area contributed by atoms with Gasteiger partial charge in [-0.15, -0.1) is 0 Å². The molecule has 0 atom stereocenters. The standard InChI is InChI=1S/C13H25NO3/c1-9(2)11(15)17-10-7-12(3,4)14(16)13(5,6)8-10/h9-10,16H,7-8H2,1-6H3. The number of nitrogens with zero attached hydrogens (tertiary/aromatic N) is 1. The number of hydroxylamine groups is 2. The predicted molar refractivity (Wildman–Crippen MR) is 65.7 cm³/mol. The first-order chi connectivity index (χ1) is 7.56. The Morgan fingerprint density at radius 2 is 1.65 bits per heavy atom. The molecule has 0 aromatic heterocycles.